The first-order chi connectivity index (χ1) is 11.6. The van der Waals surface area contributed by atoms with Crippen molar-refractivity contribution in [3.05, 3.63) is 35.4 Å². The SMILES string of the molecule is Cc1ccccc1CN(CCO)C(=O)NCCC(C)N1CCCC1. The minimum absolute atomic E-state index is 0.0243. The minimum atomic E-state index is -0.0964. The van der Waals surface area contributed by atoms with E-state index >= 15 is 0 Å². The Labute approximate surface area is 145 Å². The topological polar surface area (TPSA) is 55.8 Å². The molecular formula is C19H31N3O2. The van der Waals surface area contributed by atoms with Crippen LogP contribution in [0.3, 0.4) is 0 Å². The van der Waals surface area contributed by atoms with Gasteiger partial charge in [0.2, 0.25) is 0 Å². The quantitative estimate of drug-likeness (QED) is 0.768. The number of urea groups is 1. The number of benzene rings is 1. The number of hydrogen-bond donors (Lipinski definition) is 2. The highest BCUT2D eigenvalue weighted by Crippen LogP contribution is 2.13. The zero-order valence-electron chi connectivity index (χ0n) is 15.0. The van der Waals surface area contributed by atoms with Gasteiger partial charge in [-0.1, -0.05) is 24.3 Å². The number of likely N-dealkylation sites (tertiary alicyclic amines) is 1. The lowest BCUT2D eigenvalue weighted by Crippen LogP contribution is -2.43. The standard InChI is InChI=1S/C19H31N3O2/c1-16-7-3-4-8-18(16)15-22(13-14-23)19(24)20-10-9-17(2)21-11-5-6-12-21/h3-4,7-8,17,23H,5-6,9-15H2,1-2H3,(H,20,24). The Hall–Kier alpha value is -1.59. The summed E-state index contributed by atoms with van der Waals surface area (Å²) in [5, 5.41) is 12.3. The first-order valence-corrected chi connectivity index (χ1v) is 9.04. The van der Waals surface area contributed by atoms with Crippen LogP contribution in [0.1, 0.15) is 37.3 Å². The van der Waals surface area contributed by atoms with Crippen LogP contribution in [0.15, 0.2) is 24.3 Å². The average molecular weight is 333 g/mol. The summed E-state index contributed by atoms with van der Waals surface area (Å²) in [6.45, 7) is 8.16. The van der Waals surface area contributed by atoms with Gasteiger partial charge in [0.05, 0.1) is 6.61 Å². The minimum Gasteiger partial charge on any atom is -0.395 e. The summed E-state index contributed by atoms with van der Waals surface area (Å²) in [4.78, 5) is 16.6. The number of nitrogens with zero attached hydrogens (tertiary/aromatic N) is 2. The number of aliphatic hydroxyl groups is 1. The Morgan fingerprint density at radius 3 is 2.71 bits per heavy atom. The third-order valence-electron chi connectivity index (χ3n) is 4.88. The van der Waals surface area contributed by atoms with Crippen LogP contribution in [-0.4, -0.2) is 59.8 Å². The predicted octanol–water partition coefficient (Wildman–Crippen LogP) is 2.37. The van der Waals surface area contributed by atoms with E-state index in [1.807, 2.05) is 31.2 Å². The molecule has 2 amide bonds. The molecule has 134 valence electrons. The number of rotatable bonds is 8. The second-order valence-electron chi connectivity index (χ2n) is 6.68. The fourth-order valence-electron chi connectivity index (χ4n) is 3.23. The number of aryl methyl sites for hydroxylation is 1. The second-order valence-corrected chi connectivity index (χ2v) is 6.68. The van der Waals surface area contributed by atoms with Crippen molar-refractivity contribution in [2.45, 2.75) is 45.7 Å². The number of aliphatic hydroxyl groups excluding tert-OH is 1. The largest absolute Gasteiger partial charge is 0.395 e. The molecule has 1 fully saturated rings. The van der Waals surface area contributed by atoms with Gasteiger partial charge >= 0.3 is 6.03 Å². The van der Waals surface area contributed by atoms with E-state index in [9.17, 15) is 9.90 Å². The smallest absolute Gasteiger partial charge is 0.317 e. The molecule has 0 saturated carbocycles. The molecule has 0 aliphatic carbocycles. The van der Waals surface area contributed by atoms with Crippen LogP contribution in [0.2, 0.25) is 0 Å². The predicted molar refractivity (Wildman–Crippen MR) is 97.0 cm³/mol. The van der Waals surface area contributed by atoms with Crippen molar-refractivity contribution in [2.75, 3.05) is 32.8 Å². The fraction of sp³-hybridized carbons (Fsp3) is 0.632. The van der Waals surface area contributed by atoms with Gasteiger partial charge in [-0.3, -0.25) is 0 Å². The lowest BCUT2D eigenvalue weighted by Gasteiger charge is -2.26. The maximum absolute atomic E-state index is 12.4. The highest BCUT2D eigenvalue weighted by Gasteiger charge is 2.19. The molecule has 1 aliphatic rings. The second kappa shape index (κ2) is 9.64. The summed E-state index contributed by atoms with van der Waals surface area (Å²) >= 11 is 0. The molecule has 1 saturated heterocycles. The molecule has 1 aromatic carbocycles. The average Bonchev–Trinajstić information content (AvgIpc) is 3.10. The lowest BCUT2D eigenvalue weighted by atomic mass is 10.1. The number of hydrogen-bond acceptors (Lipinski definition) is 3. The van der Waals surface area contributed by atoms with E-state index in [0.29, 0.717) is 25.7 Å². The van der Waals surface area contributed by atoms with Crippen molar-refractivity contribution >= 4 is 6.03 Å². The van der Waals surface area contributed by atoms with Crippen LogP contribution in [0, 0.1) is 6.92 Å². The van der Waals surface area contributed by atoms with Gasteiger partial charge in [0.1, 0.15) is 0 Å². The highest BCUT2D eigenvalue weighted by molar-refractivity contribution is 5.74. The Morgan fingerprint density at radius 2 is 2.04 bits per heavy atom. The van der Waals surface area contributed by atoms with E-state index in [4.69, 9.17) is 0 Å². The summed E-state index contributed by atoms with van der Waals surface area (Å²) in [5.41, 5.74) is 2.28. The fourth-order valence-corrected chi connectivity index (χ4v) is 3.23. The van der Waals surface area contributed by atoms with Crippen molar-refractivity contribution in [3.63, 3.8) is 0 Å². The molecule has 0 radical (unpaired) electrons. The van der Waals surface area contributed by atoms with E-state index in [1.165, 1.54) is 25.9 Å². The molecule has 1 aromatic rings. The van der Waals surface area contributed by atoms with E-state index in [0.717, 1.165) is 17.5 Å². The molecular weight excluding hydrogens is 302 g/mol. The maximum Gasteiger partial charge on any atom is 0.317 e. The molecule has 24 heavy (non-hydrogen) atoms. The molecule has 1 unspecified atom stereocenters. The van der Waals surface area contributed by atoms with Crippen LogP contribution in [0.5, 0.6) is 0 Å². The van der Waals surface area contributed by atoms with Gasteiger partial charge in [-0.2, -0.15) is 0 Å². The molecule has 2 rings (SSSR count). The summed E-state index contributed by atoms with van der Waals surface area (Å²) in [6.07, 6.45) is 3.54. The number of amides is 2. The van der Waals surface area contributed by atoms with Gasteiger partial charge in [0.15, 0.2) is 0 Å². The Balaban J connectivity index is 1.81. The summed E-state index contributed by atoms with van der Waals surface area (Å²) in [6, 6.07) is 8.46. The number of carbonyl (C=O) groups is 1. The van der Waals surface area contributed by atoms with Crippen molar-refractivity contribution in [1.82, 2.24) is 15.1 Å². The molecule has 2 N–H and O–H groups in total. The highest BCUT2D eigenvalue weighted by atomic mass is 16.3. The Bertz CT molecular complexity index is 515. The number of nitrogens with one attached hydrogen (secondary N) is 1. The van der Waals surface area contributed by atoms with Crippen molar-refractivity contribution in [3.8, 4) is 0 Å². The monoisotopic (exact) mass is 333 g/mol. The molecule has 1 aliphatic heterocycles. The van der Waals surface area contributed by atoms with Gasteiger partial charge in [-0.15, -0.1) is 0 Å². The van der Waals surface area contributed by atoms with Crippen LogP contribution in [0.25, 0.3) is 0 Å². The third kappa shape index (κ3) is 5.49. The normalized spacial score (nSPS) is 16.1. The lowest BCUT2D eigenvalue weighted by molar-refractivity contribution is 0.172. The van der Waals surface area contributed by atoms with Crippen LogP contribution < -0.4 is 5.32 Å². The van der Waals surface area contributed by atoms with Gasteiger partial charge in [0, 0.05) is 25.7 Å². The molecule has 0 bridgehead atoms. The van der Waals surface area contributed by atoms with Gasteiger partial charge in [0.25, 0.3) is 0 Å². The van der Waals surface area contributed by atoms with Crippen LogP contribution in [-0.2, 0) is 6.54 Å². The van der Waals surface area contributed by atoms with Gasteiger partial charge in [-0.25, -0.2) is 4.79 Å². The van der Waals surface area contributed by atoms with E-state index in [1.54, 1.807) is 4.90 Å². The van der Waals surface area contributed by atoms with E-state index in [2.05, 4.69) is 17.1 Å². The Kier molecular flexibility index (Phi) is 7.53. The molecule has 5 nitrogen and oxygen atoms in total. The zero-order chi connectivity index (χ0) is 17.4. The first kappa shape index (κ1) is 18.7. The van der Waals surface area contributed by atoms with Crippen molar-refractivity contribution in [2.24, 2.45) is 0 Å². The molecule has 1 atom stereocenters. The molecule has 1 heterocycles. The van der Waals surface area contributed by atoms with Crippen LogP contribution in [0.4, 0.5) is 4.79 Å². The third-order valence-corrected chi connectivity index (χ3v) is 4.88. The molecule has 0 spiro atoms. The van der Waals surface area contributed by atoms with Crippen LogP contribution >= 0.6 is 0 Å². The van der Waals surface area contributed by atoms with E-state index < -0.39 is 0 Å². The van der Waals surface area contributed by atoms with Gasteiger partial charge < -0.3 is 20.2 Å². The summed E-state index contributed by atoms with van der Waals surface area (Å²) in [7, 11) is 0. The Morgan fingerprint density at radius 1 is 1.33 bits per heavy atom. The summed E-state index contributed by atoms with van der Waals surface area (Å²) < 4.78 is 0. The molecule has 5 heteroatoms. The first-order valence-electron chi connectivity index (χ1n) is 9.04. The van der Waals surface area contributed by atoms with Crippen molar-refractivity contribution < 1.29 is 9.90 Å². The zero-order valence-corrected chi connectivity index (χ0v) is 15.0. The van der Waals surface area contributed by atoms with Gasteiger partial charge in [-0.05, 0) is 57.3 Å². The van der Waals surface area contributed by atoms with Crippen molar-refractivity contribution in [1.29, 1.82) is 0 Å². The molecule has 0 aromatic heterocycles. The maximum atomic E-state index is 12.4. The number of carbonyl (C=O) groups excluding carboxylic acids is 1. The summed E-state index contributed by atoms with van der Waals surface area (Å²) in [5.74, 6) is 0. The van der Waals surface area contributed by atoms with E-state index in [-0.39, 0.29) is 12.6 Å².